The van der Waals surface area contributed by atoms with Crippen molar-refractivity contribution in [3.05, 3.63) is 42.5 Å². The molecule has 0 saturated carbocycles. The lowest BCUT2D eigenvalue weighted by molar-refractivity contribution is -0.115. The summed E-state index contributed by atoms with van der Waals surface area (Å²) in [5.74, 6) is 2.91. The largest absolute Gasteiger partial charge is 0.493 e. The van der Waals surface area contributed by atoms with E-state index in [0.29, 0.717) is 45.3 Å². The van der Waals surface area contributed by atoms with Crippen molar-refractivity contribution in [1.82, 2.24) is 14.8 Å². The van der Waals surface area contributed by atoms with Crippen molar-refractivity contribution < 1.29 is 23.4 Å². The third kappa shape index (κ3) is 3.62. The molecule has 10 heteroatoms. The average molecular weight is 452 g/mol. The van der Waals surface area contributed by atoms with Gasteiger partial charge in [-0.05, 0) is 31.2 Å². The smallest absolute Gasteiger partial charge is 0.237 e. The Balaban J connectivity index is 1.31. The van der Waals surface area contributed by atoms with E-state index in [2.05, 4.69) is 15.5 Å². The SMILES string of the molecule is COc1cccc2cc(-c3nnc(SC(C)C(=O)Nc4ccc5c(c4)OCO5)n3C)oc12. The molecule has 9 nitrogen and oxygen atoms in total. The minimum absolute atomic E-state index is 0.160. The average Bonchev–Trinajstić information content (AvgIpc) is 3.51. The van der Waals surface area contributed by atoms with Gasteiger partial charge in [0, 0.05) is 24.2 Å². The number of methoxy groups -OCH3 is 1. The summed E-state index contributed by atoms with van der Waals surface area (Å²) in [5.41, 5.74) is 1.29. The van der Waals surface area contributed by atoms with E-state index in [-0.39, 0.29) is 12.7 Å². The molecule has 0 fully saturated rings. The van der Waals surface area contributed by atoms with Crippen LogP contribution in [0.2, 0.25) is 0 Å². The molecule has 0 spiro atoms. The molecule has 2 aromatic heterocycles. The molecule has 32 heavy (non-hydrogen) atoms. The molecule has 2 aromatic carbocycles. The second-order valence-corrected chi connectivity index (χ2v) is 8.48. The Labute approximate surface area is 187 Å². The minimum atomic E-state index is -0.410. The Kier molecular flexibility index (Phi) is 5.14. The van der Waals surface area contributed by atoms with Crippen molar-refractivity contribution in [3.8, 4) is 28.8 Å². The number of aromatic nitrogens is 3. The van der Waals surface area contributed by atoms with Crippen LogP contribution in [0.4, 0.5) is 5.69 Å². The number of nitrogens with zero attached hydrogens (tertiary/aromatic N) is 3. The van der Waals surface area contributed by atoms with Gasteiger partial charge >= 0.3 is 0 Å². The van der Waals surface area contributed by atoms with E-state index in [1.807, 2.05) is 38.2 Å². The molecule has 5 rings (SSSR count). The maximum absolute atomic E-state index is 12.7. The molecular formula is C22H20N4O5S. The van der Waals surface area contributed by atoms with Crippen LogP contribution in [0.15, 0.2) is 52.0 Å². The Hall–Kier alpha value is -3.66. The third-order valence-electron chi connectivity index (χ3n) is 5.07. The molecule has 1 N–H and O–H groups in total. The summed E-state index contributed by atoms with van der Waals surface area (Å²) in [4.78, 5) is 12.7. The van der Waals surface area contributed by atoms with Crippen molar-refractivity contribution in [3.63, 3.8) is 0 Å². The van der Waals surface area contributed by atoms with Crippen LogP contribution in [0.3, 0.4) is 0 Å². The number of fused-ring (bicyclic) bond motifs is 2. The van der Waals surface area contributed by atoms with Crippen molar-refractivity contribution in [2.24, 2.45) is 7.05 Å². The summed E-state index contributed by atoms with van der Waals surface area (Å²) >= 11 is 1.31. The highest BCUT2D eigenvalue weighted by atomic mass is 32.2. The number of thioether (sulfide) groups is 1. The number of ether oxygens (including phenoxy) is 3. The lowest BCUT2D eigenvalue weighted by Gasteiger charge is -2.12. The normalized spacial score (nSPS) is 13.3. The molecule has 0 radical (unpaired) electrons. The number of rotatable bonds is 6. The van der Waals surface area contributed by atoms with Crippen LogP contribution in [-0.4, -0.2) is 39.8 Å². The lowest BCUT2D eigenvalue weighted by Crippen LogP contribution is -2.22. The summed E-state index contributed by atoms with van der Waals surface area (Å²) in [6, 6.07) is 12.9. The fourth-order valence-electron chi connectivity index (χ4n) is 3.37. The van der Waals surface area contributed by atoms with Crippen LogP contribution in [0.25, 0.3) is 22.6 Å². The van der Waals surface area contributed by atoms with Gasteiger partial charge in [0.05, 0.1) is 12.4 Å². The van der Waals surface area contributed by atoms with E-state index in [1.54, 1.807) is 29.9 Å². The predicted octanol–water partition coefficient (Wildman–Crippen LogP) is 4.08. The molecule has 1 unspecified atom stereocenters. The van der Waals surface area contributed by atoms with Crippen LogP contribution in [0.1, 0.15) is 6.92 Å². The topological polar surface area (TPSA) is 101 Å². The van der Waals surface area contributed by atoms with Gasteiger partial charge in [0.2, 0.25) is 12.7 Å². The Morgan fingerprint density at radius 1 is 1.19 bits per heavy atom. The second kappa shape index (κ2) is 8.12. The Bertz CT molecular complexity index is 1320. The molecule has 0 bridgehead atoms. The Morgan fingerprint density at radius 3 is 2.88 bits per heavy atom. The van der Waals surface area contributed by atoms with Gasteiger partial charge in [-0.15, -0.1) is 10.2 Å². The first-order chi connectivity index (χ1) is 15.5. The van der Waals surface area contributed by atoms with Crippen molar-refractivity contribution in [2.45, 2.75) is 17.3 Å². The molecule has 3 heterocycles. The van der Waals surface area contributed by atoms with Crippen molar-refractivity contribution >= 4 is 34.3 Å². The first kappa shape index (κ1) is 20.3. The number of benzene rings is 2. The fraction of sp³-hybridized carbons (Fsp3) is 0.227. The maximum Gasteiger partial charge on any atom is 0.237 e. The first-order valence-corrected chi connectivity index (χ1v) is 10.7. The molecule has 164 valence electrons. The number of carbonyl (C=O) groups excluding carboxylic acids is 1. The predicted molar refractivity (Wildman–Crippen MR) is 119 cm³/mol. The van der Waals surface area contributed by atoms with Crippen LogP contribution < -0.4 is 19.5 Å². The number of carbonyl (C=O) groups is 1. The summed E-state index contributed by atoms with van der Waals surface area (Å²) in [5, 5.41) is 12.5. The third-order valence-corrected chi connectivity index (χ3v) is 6.21. The zero-order valence-corrected chi connectivity index (χ0v) is 18.4. The number of hydrogen-bond acceptors (Lipinski definition) is 8. The summed E-state index contributed by atoms with van der Waals surface area (Å²) in [6.45, 7) is 2.00. The van der Waals surface area contributed by atoms with Crippen molar-refractivity contribution in [1.29, 1.82) is 0 Å². The summed E-state index contributed by atoms with van der Waals surface area (Å²) < 4.78 is 23.8. The van der Waals surface area contributed by atoms with Gasteiger partial charge in [-0.25, -0.2) is 0 Å². The minimum Gasteiger partial charge on any atom is -0.493 e. The zero-order chi connectivity index (χ0) is 22.2. The van der Waals surface area contributed by atoms with E-state index in [1.165, 1.54) is 11.8 Å². The first-order valence-electron chi connectivity index (χ1n) is 9.87. The van der Waals surface area contributed by atoms with E-state index < -0.39 is 5.25 Å². The number of amides is 1. The van der Waals surface area contributed by atoms with E-state index in [0.717, 1.165) is 5.39 Å². The highest BCUT2D eigenvalue weighted by molar-refractivity contribution is 8.00. The standard InChI is InChI=1S/C22H20N4O5S/c1-12(21(27)23-14-7-8-15-17(10-14)30-11-29-15)32-22-25-24-20(26(22)2)18-9-13-5-4-6-16(28-3)19(13)31-18/h4-10,12H,11H2,1-3H3,(H,23,27). The number of para-hydroxylation sites is 1. The van der Waals surface area contributed by atoms with Gasteiger partial charge in [0.25, 0.3) is 0 Å². The Morgan fingerprint density at radius 2 is 2.03 bits per heavy atom. The van der Waals surface area contributed by atoms with Crippen LogP contribution in [-0.2, 0) is 11.8 Å². The number of nitrogens with one attached hydrogen (secondary N) is 1. The van der Waals surface area contributed by atoms with Gasteiger partial charge < -0.3 is 28.5 Å². The molecule has 4 aromatic rings. The second-order valence-electron chi connectivity index (χ2n) is 7.17. The van der Waals surface area contributed by atoms with E-state index in [9.17, 15) is 4.79 Å². The quantitative estimate of drug-likeness (QED) is 0.437. The molecule has 1 aliphatic heterocycles. The maximum atomic E-state index is 12.7. The number of furan rings is 1. The molecule has 0 saturated heterocycles. The lowest BCUT2D eigenvalue weighted by atomic mass is 10.2. The number of anilines is 1. The van der Waals surface area contributed by atoms with Crippen LogP contribution >= 0.6 is 11.8 Å². The number of hydrogen-bond donors (Lipinski definition) is 1. The van der Waals surface area contributed by atoms with Crippen molar-refractivity contribution in [2.75, 3.05) is 19.2 Å². The molecular weight excluding hydrogens is 432 g/mol. The van der Waals surface area contributed by atoms with Gasteiger partial charge in [-0.1, -0.05) is 23.9 Å². The van der Waals surface area contributed by atoms with E-state index >= 15 is 0 Å². The monoisotopic (exact) mass is 452 g/mol. The highest BCUT2D eigenvalue weighted by Crippen LogP contribution is 2.35. The highest BCUT2D eigenvalue weighted by Gasteiger charge is 2.22. The molecule has 1 aliphatic rings. The molecule has 0 aliphatic carbocycles. The van der Waals surface area contributed by atoms with Crippen LogP contribution in [0, 0.1) is 0 Å². The fourth-order valence-corrected chi connectivity index (χ4v) is 4.18. The molecule has 1 amide bonds. The summed E-state index contributed by atoms with van der Waals surface area (Å²) in [7, 11) is 3.44. The van der Waals surface area contributed by atoms with Crippen LogP contribution in [0.5, 0.6) is 17.2 Å². The molecule has 1 atom stereocenters. The zero-order valence-electron chi connectivity index (χ0n) is 17.6. The van der Waals surface area contributed by atoms with Gasteiger partial charge in [0.15, 0.2) is 39.6 Å². The van der Waals surface area contributed by atoms with Gasteiger partial charge in [0.1, 0.15) is 0 Å². The van der Waals surface area contributed by atoms with Gasteiger partial charge in [-0.3, -0.25) is 4.79 Å². The summed E-state index contributed by atoms with van der Waals surface area (Å²) in [6.07, 6.45) is 0. The van der Waals surface area contributed by atoms with E-state index in [4.69, 9.17) is 18.6 Å². The van der Waals surface area contributed by atoms with Gasteiger partial charge in [-0.2, -0.15) is 0 Å².